The molecule has 1 aromatic carbocycles. The molecule has 0 bridgehead atoms. The molecule has 1 heterocycles. The van der Waals surface area contributed by atoms with Gasteiger partial charge in [-0.15, -0.1) is 0 Å². The fourth-order valence-corrected chi connectivity index (χ4v) is 1.30. The van der Waals surface area contributed by atoms with Gasteiger partial charge in [-0.1, -0.05) is 12.1 Å². The van der Waals surface area contributed by atoms with Gasteiger partial charge in [-0.05, 0) is 18.2 Å². The van der Waals surface area contributed by atoms with Gasteiger partial charge < -0.3 is 0 Å². The second kappa shape index (κ2) is 3.65. The smallest absolute Gasteiger partial charge is 0.266 e. The van der Waals surface area contributed by atoms with Crippen LogP contribution in [0.2, 0.25) is 0 Å². The minimum absolute atomic E-state index is 0.185. The van der Waals surface area contributed by atoms with Crippen LogP contribution < -0.4 is 5.56 Å². The summed E-state index contributed by atoms with van der Waals surface area (Å²) in [5.41, 5.74) is 1.05. The Morgan fingerprint density at radius 1 is 1.27 bits per heavy atom. The summed E-state index contributed by atoms with van der Waals surface area (Å²) in [7, 11) is 1.56. The third-order valence-corrected chi connectivity index (χ3v) is 2.08. The normalized spacial score (nSPS) is 10.3. The summed E-state index contributed by atoms with van der Waals surface area (Å²) in [5.74, 6) is -0.317. The van der Waals surface area contributed by atoms with Crippen LogP contribution in [0.5, 0.6) is 0 Å². The summed E-state index contributed by atoms with van der Waals surface area (Å²) < 4.78 is 14.2. The standard InChI is InChI=1S/C11H9FN2O/c1-14-11(15)6-5-10(13-14)8-3-2-4-9(12)7-8/h2-7H,1H3. The molecule has 0 spiro atoms. The number of halogens is 1. The van der Waals surface area contributed by atoms with E-state index in [0.29, 0.717) is 11.3 Å². The summed E-state index contributed by atoms with van der Waals surface area (Å²) >= 11 is 0. The van der Waals surface area contributed by atoms with Crippen LogP contribution in [0.15, 0.2) is 41.2 Å². The van der Waals surface area contributed by atoms with Gasteiger partial charge in [-0.2, -0.15) is 5.10 Å². The van der Waals surface area contributed by atoms with Gasteiger partial charge in [0.2, 0.25) is 0 Å². The highest BCUT2D eigenvalue weighted by Crippen LogP contribution is 2.15. The molecule has 76 valence electrons. The van der Waals surface area contributed by atoms with Gasteiger partial charge in [-0.25, -0.2) is 9.07 Å². The third-order valence-electron chi connectivity index (χ3n) is 2.08. The van der Waals surface area contributed by atoms with E-state index >= 15 is 0 Å². The fourth-order valence-electron chi connectivity index (χ4n) is 1.30. The Balaban J connectivity index is 2.55. The molecule has 0 N–H and O–H groups in total. The molecule has 0 fully saturated rings. The molecule has 15 heavy (non-hydrogen) atoms. The Kier molecular flexibility index (Phi) is 2.33. The third kappa shape index (κ3) is 1.93. The molecule has 2 aromatic rings. The molecule has 2 rings (SSSR count). The molecule has 3 nitrogen and oxygen atoms in total. The fraction of sp³-hybridized carbons (Fsp3) is 0.0909. The Morgan fingerprint density at radius 2 is 2.07 bits per heavy atom. The van der Waals surface area contributed by atoms with Crippen LogP contribution in [0.25, 0.3) is 11.3 Å². The van der Waals surface area contributed by atoms with Crippen molar-refractivity contribution in [2.24, 2.45) is 7.05 Å². The monoisotopic (exact) mass is 204 g/mol. The quantitative estimate of drug-likeness (QED) is 0.707. The van der Waals surface area contributed by atoms with Gasteiger partial charge in [0.15, 0.2) is 0 Å². The molecule has 0 radical (unpaired) electrons. The highest BCUT2D eigenvalue weighted by molar-refractivity contribution is 5.57. The van der Waals surface area contributed by atoms with E-state index in [9.17, 15) is 9.18 Å². The van der Waals surface area contributed by atoms with Crippen molar-refractivity contribution in [3.63, 3.8) is 0 Å². The number of aromatic nitrogens is 2. The van der Waals surface area contributed by atoms with Crippen molar-refractivity contribution >= 4 is 0 Å². The van der Waals surface area contributed by atoms with E-state index in [1.54, 1.807) is 25.2 Å². The minimum Gasteiger partial charge on any atom is -0.268 e. The summed E-state index contributed by atoms with van der Waals surface area (Å²) in [4.78, 5) is 11.1. The topological polar surface area (TPSA) is 34.9 Å². The van der Waals surface area contributed by atoms with E-state index in [1.165, 1.54) is 22.9 Å². The van der Waals surface area contributed by atoms with Crippen LogP contribution in [0.1, 0.15) is 0 Å². The molecule has 0 aliphatic heterocycles. The molecular formula is C11H9FN2O. The Bertz CT molecular complexity index is 548. The molecule has 0 aliphatic carbocycles. The molecule has 0 saturated carbocycles. The van der Waals surface area contributed by atoms with E-state index in [-0.39, 0.29) is 11.4 Å². The van der Waals surface area contributed by atoms with Crippen LogP contribution in [-0.2, 0) is 7.05 Å². The van der Waals surface area contributed by atoms with Crippen molar-refractivity contribution in [3.05, 3.63) is 52.6 Å². The van der Waals surface area contributed by atoms with Gasteiger partial charge in [-0.3, -0.25) is 4.79 Å². The lowest BCUT2D eigenvalue weighted by Crippen LogP contribution is -2.18. The largest absolute Gasteiger partial charge is 0.268 e. The summed E-state index contributed by atoms with van der Waals surface area (Å²) in [5, 5.41) is 4.02. The molecular weight excluding hydrogens is 195 g/mol. The van der Waals surface area contributed by atoms with E-state index in [4.69, 9.17) is 0 Å². The average Bonchev–Trinajstić information content (AvgIpc) is 2.22. The molecule has 0 unspecified atom stereocenters. The highest BCUT2D eigenvalue weighted by Gasteiger charge is 2.01. The maximum atomic E-state index is 12.9. The Hall–Kier alpha value is -1.97. The number of nitrogens with zero attached hydrogens (tertiary/aromatic N) is 2. The lowest BCUT2D eigenvalue weighted by Gasteiger charge is -2.02. The Morgan fingerprint density at radius 3 is 2.73 bits per heavy atom. The zero-order valence-electron chi connectivity index (χ0n) is 8.14. The van der Waals surface area contributed by atoms with Crippen LogP contribution >= 0.6 is 0 Å². The van der Waals surface area contributed by atoms with Crippen LogP contribution in [0.3, 0.4) is 0 Å². The minimum atomic E-state index is -0.317. The number of benzene rings is 1. The number of hydrogen-bond donors (Lipinski definition) is 0. The predicted octanol–water partition coefficient (Wildman–Crippen LogP) is 1.59. The van der Waals surface area contributed by atoms with E-state index in [0.717, 1.165) is 0 Å². The summed E-state index contributed by atoms with van der Waals surface area (Å²) in [6.45, 7) is 0. The van der Waals surface area contributed by atoms with E-state index in [2.05, 4.69) is 5.10 Å². The zero-order chi connectivity index (χ0) is 10.8. The predicted molar refractivity (Wildman–Crippen MR) is 54.9 cm³/mol. The summed E-state index contributed by atoms with van der Waals surface area (Å²) in [6.07, 6.45) is 0. The van der Waals surface area contributed by atoms with Gasteiger partial charge in [0.25, 0.3) is 5.56 Å². The molecule has 1 aromatic heterocycles. The SMILES string of the molecule is Cn1nc(-c2cccc(F)c2)ccc1=O. The zero-order valence-corrected chi connectivity index (χ0v) is 8.14. The van der Waals surface area contributed by atoms with Gasteiger partial charge >= 0.3 is 0 Å². The second-order valence-corrected chi connectivity index (χ2v) is 3.19. The van der Waals surface area contributed by atoms with Crippen molar-refractivity contribution < 1.29 is 4.39 Å². The first-order chi connectivity index (χ1) is 7.16. The lowest BCUT2D eigenvalue weighted by molar-refractivity contribution is 0.628. The van der Waals surface area contributed by atoms with Crippen molar-refractivity contribution in [1.82, 2.24) is 9.78 Å². The average molecular weight is 204 g/mol. The number of hydrogen-bond acceptors (Lipinski definition) is 2. The maximum Gasteiger partial charge on any atom is 0.266 e. The maximum absolute atomic E-state index is 12.9. The van der Waals surface area contributed by atoms with Crippen molar-refractivity contribution in [3.8, 4) is 11.3 Å². The first kappa shape index (κ1) is 9.58. The van der Waals surface area contributed by atoms with Crippen LogP contribution in [0, 0.1) is 5.82 Å². The van der Waals surface area contributed by atoms with Crippen LogP contribution in [0.4, 0.5) is 4.39 Å². The van der Waals surface area contributed by atoms with Crippen molar-refractivity contribution in [1.29, 1.82) is 0 Å². The molecule has 0 amide bonds. The summed E-state index contributed by atoms with van der Waals surface area (Å²) in [6, 6.07) is 9.09. The Labute approximate surface area is 85.8 Å². The molecule has 4 heteroatoms. The van der Waals surface area contributed by atoms with E-state index < -0.39 is 0 Å². The number of rotatable bonds is 1. The van der Waals surface area contributed by atoms with Crippen LogP contribution in [-0.4, -0.2) is 9.78 Å². The molecule has 0 atom stereocenters. The van der Waals surface area contributed by atoms with Gasteiger partial charge in [0.1, 0.15) is 5.82 Å². The van der Waals surface area contributed by atoms with E-state index in [1.807, 2.05) is 0 Å². The number of aryl methyl sites for hydroxylation is 1. The first-order valence-electron chi connectivity index (χ1n) is 4.47. The first-order valence-corrected chi connectivity index (χ1v) is 4.47. The molecule has 0 aliphatic rings. The lowest BCUT2D eigenvalue weighted by atomic mass is 10.1. The van der Waals surface area contributed by atoms with Gasteiger partial charge in [0, 0.05) is 18.7 Å². The second-order valence-electron chi connectivity index (χ2n) is 3.19. The van der Waals surface area contributed by atoms with Gasteiger partial charge in [0.05, 0.1) is 5.69 Å². The van der Waals surface area contributed by atoms with Crippen molar-refractivity contribution in [2.45, 2.75) is 0 Å². The highest BCUT2D eigenvalue weighted by atomic mass is 19.1. The molecule has 0 saturated heterocycles. The van der Waals surface area contributed by atoms with Crippen molar-refractivity contribution in [2.75, 3.05) is 0 Å².